The van der Waals surface area contributed by atoms with Crippen molar-refractivity contribution in [3.8, 4) is 11.1 Å². The first-order valence-corrected chi connectivity index (χ1v) is 8.07. The van der Waals surface area contributed by atoms with Gasteiger partial charge in [0.05, 0.1) is 11.0 Å². The number of benzene rings is 1. The van der Waals surface area contributed by atoms with Gasteiger partial charge >= 0.3 is 5.97 Å². The monoisotopic (exact) mass is 331 g/mol. The molecule has 1 aromatic carbocycles. The molecule has 4 aromatic rings. The van der Waals surface area contributed by atoms with Gasteiger partial charge in [-0.15, -0.1) is 0 Å². The molecule has 0 unspecified atom stereocenters. The van der Waals surface area contributed by atoms with E-state index >= 15 is 0 Å². The second-order valence-corrected chi connectivity index (χ2v) is 6.19. The van der Waals surface area contributed by atoms with Gasteiger partial charge in [-0.25, -0.2) is 0 Å². The molecule has 3 heterocycles. The normalized spacial score (nSPS) is 11.3. The van der Waals surface area contributed by atoms with Gasteiger partial charge in [0, 0.05) is 40.1 Å². The van der Waals surface area contributed by atoms with E-state index in [0.717, 1.165) is 44.3 Å². The van der Waals surface area contributed by atoms with Gasteiger partial charge in [-0.1, -0.05) is 11.6 Å². The Labute approximate surface area is 144 Å². The average molecular weight is 331 g/mol. The van der Waals surface area contributed by atoms with Crippen molar-refractivity contribution >= 4 is 27.9 Å². The van der Waals surface area contributed by atoms with Crippen molar-refractivity contribution in [2.24, 2.45) is 0 Å². The van der Waals surface area contributed by atoms with Crippen LogP contribution in [0.5, 0.6) is 0 Å². The SMILES string of the molecule is Cc1ccc2c(c1)c(-c1ccnc3cccnc13)c(C)n2CC(=O)O. The van der Waals surface area contributed by atoms with Gasteiger partial charge in [0.2, 0.25) is 0 Å². The summed E-state index contributed by atoms with van der Waals surface area (Å²) in [5, 5.41) is 10.4. The minimum absolute atomic E-state index is 0.0676. The number of rotatable bonds is 3. The standard InChI is InChI=1S/C20H17N3O2/c1-12-5-6-17-15(10-12)19(13(2)23(17)11-18(24)25)14-7-9-21-16-4-3-8-22-20(14)16/h3-10H,11H2,1-2H3,(H,24,25). The Morgan fingerprint density at radius 1 is 1.12 bits per heavy atom. The molecule has 0 spiro atoms. The minimum Gasteiger partial charge on any atom is -0.480 e. The van der Waals surface area contributed by atoms with E-state index in [0.29, 0.717) is 0 Å². The lowest BCUT2D eigenvalue weighted by Crippen LogP contribution is -2.09. The summed E-state index contributed by atoms with van der Waals surface area (Å²) in [6.07, 6.45) is 3.53. The number of fused-ring (bicyclic) bond motifs is 2. The van der Waals surface area contributed by atoms with Gasteiger partial charge < -0.3 is 9.67 Å². The summed E-state index contributed by atoms with van der Waals surface area (Å²) in [4.78, 5) is 20.2. The van der Waals surface area contributed by atoms with Gasteiger partial charge in [0.1, 0.15) is 6.54 Å². The van der Waals surface area contributed by atoms with Crippen LogP contribution in [-0.2, 0) is 11.3 Å². The van der Waals surface area contributed by atoms with Gasteiger partial charge in [-0.05, 0) is 44.2 Å². The Morgan fingerprint density at radius 3 is 2.76 bits per heavy atom. The number of aromatic nitrogens is 3. The van der Waals surface area contributed by atoms with Crippen molar-refractivity contribution < 1.29 is 9.90 Å². The zero-order chi connectivity index (χ0) is 17.6. The molecule has 0 bridgehead atoms. The quantitative estimate of drug-likeness (QED) is 0.617. The highest BCUT2D eigenvalue weighted by molar-refractivity contribution is 6.04. The Morgan fingerprint density at radius 2 is 1.96 bits per heavy atom. The van der Waals surface area contributed by atoms with Crippen molar-refractivity contribution in [1.29, 1.82) is 0 Å². The zero-order valence-corrected chi connectivity index (χ0v) is 14.0. The first-order valence-electron chi connectivity index (χ1n) is 8.07. The molecule has 4 rings (SSSR count). The predicted molar refractivity (Wildman–Crippen MR) is 97.6 cm³/mol. The predicted octanol–water partition coefficient (Wildman–Crippen LogP) is 3.95. The number of hydrogen-bond acceptors (Lipinski definition) is 3. The van der Waals surface area contributed by atoms with Gasteiger partial charge in [-0.2, -0.15) is 0 Å². The first-order chi connectivity index (χ1) is 12.1. The highest BCUT2D eigenvalue weighted by Crippen LogP contribution is 2.37. The summed E-state index contributed by atoms with van der Waals surface area (Å²) < 4.78 is 1.85. The van der Waals surface area contributed by atoms with Crippen LogP contribution >= 0.6 is 0 Å². The Kier molecular flexibility index (Phi) is 3.50. The maximum atomic E-state index is 11.3. The number of pyridine rings is 2. The lowest BCUT2D eigenvalue weighted by Gasteiger charge is -2.07. The number of carbonyl (C=O) groups is 1. The van der Waals surface area contributed by atoms with Crippen LogP contribution in [0.15, 0.2) is 48.8 Å². The van der Waals surface area contributed by atoms with Crippen LogP contribution in [0, 0.1) is 13.8 Å². The fourth-order valence-corrected chi connectivity index (χ4v) is 3.46. The molecule has 5 nitrogen and oxygen atoms in total. The molecule has 0 amide bonds. The summed E-state index contributed by atoms with van der Waals surface area (Å²) in [7, 11) is 0. The molecule has 0 atom stereocenters. The number of aryl methyl sites for hydroxylation is 1. The largest absolute Gasteiger partial charge is 0.480 e. The Hall–Kier alpha value is -3.21. The molecule has 0 aliphatic carbocycles. The maximum Gasteiger partial charge on any atom is 0.323 e. The lowest BCUT2D eigenvalue weighted by molar-refractivity contribution is -0.137. The second kappa shape index (κ2) is 5.70. The van der Waals surface area contributed by atoms with E-state index in [1.54, 1.807) is 12.4 Å². The van der Waals surface area contributed by atoms with E-state index in [4.69, 9.17) is 0 Å². The van der Waals surface area contributed by atoms with Gasteiger partial charge in [0.25, 0.3) is 0 Å². The van der Waals surface area contributed by atoms with Crippen LogP contribution in [0.1, 0.15) is 11.3 Å². The maximum absolute atomic E-state index is 11.3. The highest BCUT2D eigenvalue weighted by atomic mass is 16.4. The van der Waals surface area contributed by atoms with E-state index in [2.05, 4.69) is 16.0 Å². The van der Waals surface area contributed by atoms with Crippen LogP contribution in [0.2, 0.25) is 0 Å². The topological polar surface area (TPSA) is 68.0 Å². The smallest absolute Gasteiger partial charge is 0.323 e. The molecule has 0 aliphatic heterocycles. The second-order valence-electron chi connectivity index (χ2n) is 6.19. The lowest BCUT2D eigenvalue weighted by atomic mass is 10.0. The molecule has 0 saturated carbocycles. The minimum atomic E-state index is -0.857. The van der Waals surface area contributed by atoms with E-state index in [9.17, 15) is 9.90 Å². The molecule has 0 fully saturated rings. The van der Waals surface area contributed by atoms with E-state index in [-0.39, 0.29) is 6.54 Å². The molecule has 0 aliphatic rings. The average Bonchev–Trinajstić information content (AvgIpc) is 2.85. The van der Waals surface area contributed by atoms with Gasteiger partial charge in [-0.3, -0.25) is 14.8 Å². The molecule has 0 radical (unpaired) electrons. The third-order valence-corrected chi connectivity index (χ3v) is 4.54. The summed E-state index contributed by atoms with van der Waals surface area (Å²) in [5.41, 5.74) is 6.61. The first kappa shape index (κ1) is 15.3. The zero-order valence-electron chi connectivity index (χ0n) is 14.0. The molecule has 3 aromatic heterocycles. The van der Waals surface area contributed by atoms with Crippen molar-refractivity contribution in [2.45, 2.75) is 20.4 Å². The van der Waals surface area contributed by atoms with Crippen molar-refractivity contribution in [3.63, 3.8) is 0 Å². The molecule has 25 heavy (non-hydrogen) atoms. The van der Waals surface area contributed by atoms with E-state index in [1.165, 1.54) is 0 Å². The number of carboxylic acid groups (broad SMARTS) is 1. The van der Waals surface area contributed by atoms with E-state index < -0.39 is 5.97 Å². The number of nitrogens with zero attached hydrogens (tertiary/aromatic N) is 3. The third kappa shape index (κ3) is 2.45. The van der Waals surface area contributed by atoms with Crippen LogP contribution < -0.4 is 0 Å². The molecular weight excluding hydrogens is 314 g/mol. The van der Waals surface area contributed by atoms with E-state index in [1.807, 2.05) is 48.7 Å². The summed E-state index contributed by atoms with van der Waals surface area (Å²) in [6, 6.07) is 11.8. The number of aliphatic carboxylic acids is 1. The molecule has 1 N–H and O–H groups in total. The molecular formula is C20H17N3O2. The van der Waals surface area contributed by atoms with Crippen molar-refractivity contribution in [3.05, 3.63) is 60.0 Å². The fraction of sp³-hybridized carbons (Fsp3) is 0.150. The van der Waals surface area contributed by atoms with Crippen LogP contribution in [0.4, 0.5) is 0 Å². The Bertz CT molecular complexity index is 1120. The molecule has 0 saturated heterocycles. The number of carboxylic acids is 1. The number of hydrogen-bond donors (Lipinski definition) is 1. The Balaban J connectivity index is 2.12. The van der Waals surface area contributed by atoms with Crippen molar-refractivity contribution in [1.82, 2.24) is 14.5 Å². The van der Waals surface area contributed by atoms with Gasteiger partial charge in [0.15, 0.2) is 0 Å². The highest BCUT2D eigenvalue weighted by Gasteiger charge is 2.19. The van der Waals surface area contributed by atoms with Crippen LogP contribution in [0.25, 0.3) is 33.1 Å². The van der Waals surface area contributed by atoms with Crippen LogP contribution in [0.3, 0.4) is 0 Å². The fourth-order valence-electron chi connectivity index (χ4n) is 3.46. The third-order valence-electron chi connectivity index (χ3n) is 4.54. The summed E-state index contributed by atoms with van der Waals surface area (Å²) in [6.45, 7) is 3.93. The summed E-state index contributed by atoms with van der Waals surface area (Å²) >= 11 is 0. The summed E-state index contributed by atoms with van der Waals surface area (Å²) in [5.74, 6) is -0.857. The van der Waals surface area contributed by atoms with Crippen LogP contribution in [-0.4, -0.2) is 25.6 Å². The molecule has 5 heteroatoms. The van der Waals surface area contributed by atoms with Crippen molar-refractivity contribution in [2.75, 3.05) is 0 Å². The molecule has 124 valence electrons.